The Morgan fingerprint density at radius 2 is 1.62 bits per heavy atom. The van der Waals surface area contributed by atoms with Crippen LogP contribution in [0.15, 0.2) is 72.2 Å². The molecule has 1 amide bonds. The van der Waals surface area contributed by atoms with Crippen LogP contribution in [-0.4, -0.2) is 59.1 Å². The van der Waals surface area contributed by atoms with Gasteiger partial charge in [-0.05, 0) is 67.5 Å². The maximum Gasteiger partial charge on any atom is 0.410 e. The molecule has 8 heteroatoms. The summed E-state index contributed by atoms with van der Waals surface area (Å²) < 4.78 is 13.7. The molecule has 0 saturated carbocycles. The molecule has 0 N–H and O–H groups in total. The first-order chi connectivity index (χ1) is 20.0. The third-order valence-electron chi connectivity index (χ3n) is 7.73. The number of likely N-dealkylation sites (tertiary alicyclic amines) is 1. The molecule has 2 aliphatic rings. The van der Waals surface area contributed by atoms with Crippen molar-refractivity contribution in [1.29, 1.82) is 0 Å². The molecule has 0 unspecified atom stereocenters. The first-order valence-electron chi connectivity index (χ1n) is 15.0. The second kappa shape index (κ2) is 12.4. The van der Waals surface area contributed by atoms with Crippen LogP contribution in [0.5, 0.6) is 0 Å². The molecule has 1 saturated heterocycles. The number of carbonyl (C=O) groups is 1. The molecule has 42 heavy (non-hydrogen) atoms. The Labute approximate surface area is 251 Å². The number of carbonyl (C=O) groups excluding carboxylic acids is 1. The van der Waals surface area contributed by atoms with Gasteiger partial charge in [0, 0.05) is 39.6 Å². The molecule has 2 aliphatic heterocycles. The lowest BCUT2D eigenvalue weighted by Crippen LogP contribution is -2.43. The first kappa shape index (κ1) is 30.0. The second-order valence-corrected chi connectivity index (χ2v) is 19.2. The molecule has 7 nitrogen and oxygen atoms in total. The zero-order valence-corrected chi connectivity index (χ0v) is 26.9. The Morgan fingerprint density at radius 1 is 0.976 bits per heavy atom. The van der Waals surface area contributed by atoms with E-state index in [1.54, 1.807) is 0 Å². The van der Waals surface area contributed by atoms with E-state index in [1.165, 1.54) is 16.7 Å². The van der Waals surface area contributed by atoms with Gasteiger partial charge in [-0.2, -0.15) is 0 Å². The van der Waals surface area contributed by atoms with Crippen LogP contribution in [0.2, 0.25) is 25.7 Å². The number of allylic oxidation sites excluding steroid dienone is 1. The minimum absolute atomic E-state index is 0.0133. The van der Waals surface area contributed by atoms with E-state index in [9.17, 15) is 4.79 Å². The average Bonchev–Trinajstić information content (AvgIpc) is 3.70. The summed E-state index contributed by atoms with van der Waals surface area (Å²) in [5.74, 6) is 0. The highest BCUT2D eigenvalue weighted by Crippen LogP contribution is 2.32. The fourth-order valence-corrected chi connectivity index (χ4v) is 6.15. The third kappa shape index (κ3) is 7.47. The molecule has 3 heterocycles. The van der Waals surface area contributed by atoms with E-state index in [-0.39, 0.29) is 12.1 Å². The summed E-state index contributed by atoms with van der Waals surface area (Å²) in [6.07, 6.45) is 8.12. The van der Waals surface area contributed by atoms with Gasteiger partial charge >= 0.3 is 6.09 Å². The average molecular weight is 585 g/mol. The SMILES string of the molecule is CC(C)(C)OC(=O)N1CCC[C@@H]1C1=NC=C(c2ccc(-c3ccc(-c4cncn4COCC[Si](C)(C)C)cc3)cc2)C1. The largest absolute Gasteiger partial charge is 0.444 e. The standard InChI is InChI=1S/C34H44N4O3Si/c1-34(2,3)41-33(39)38-17-7-8-31(38)30-20-29(21-36-30)27-11-9-25(10-12-27)26-13-15-28(16-14-26)32-22-35-23-37(32)24-40-18-19-42(4,5)6/h9-16,21-23,31H,7-8,17-20,24H2,1-6H3/t31-/m1/s1. The number of aromatic nitrogens is 2. The quantitative estimate of drug-likeness (QED) is 0.188. The highest BCUT2D eigenvalue weighted by Gasteiger charge is 2.36. The summed E-state index contributed by atoms with van der Waals surface area (Å²) in [6.45, 7) is 14.8. The Morgan fingerprint density at radius 3 is 2.26 bits per heavy atom. The fourth-order valence-electron chi connectivity index (χ4n) is 5.40. The van der Waals surface area contributed by atoms with Crippen molar-refractivity contribution in [2.75, 3.05) is 13.2 Å². The monoisotopic (exact) mass is 584 g/mol. The van der Waals surface area contributed by atoms with Crippen LogP contribution in [0.1, 0.15) is 45.6 Å². The lowest BCUT2D eigenvalue weighted by atomic mass is 9.96. The zero-order chi connectivity index (χ0) is 29.9. The number of amides is 1. The Bertz CT molecular complexity index is 1440. The van der Waals surface area contributed by atoms with Crippen LogP contribution >= 0.6 is 0 Å². The van der Waals surface area contributed by atoms with Gasteiger partial charge in [0.25, 0.3) is 0 Å². The maximum atomic E-state index is 12.8. The number of hydrogen-bond acceptors (Lipinski definition) is 5. The Kier molecular flexibility index (Phi) is 8.85. The molecule has 5 rings (SSSR count). The van der Waals surface area contributed by atoms with E-state index in [0.29, 0.717) is 6.73 Å². The highest BCUT2D eigenvalue weighted by molar-refractivity contribution is 6.76. The second-order valence-electron chi connectivity index (χ2n) is 13.5. The Balaban J connectivity index is 1.18. The van der Waals surface area contributed by atoms with Crippen LogP contribution < -0.4 is 0 Å². The maximum absolute atomic E-state index is 12.8. The summed E-state index contributed by atoms with van der Waals surface area (Å²) >= 11 is 0. The summed E-state index contributed by atoms with van der Waals surface area (Å²) in [4.78, 5) is 23.7. The molecule has 222 valence electrons. The molecule has 0 aliphatic carbocycles. The molecular weight excluding hydrogens is 540 g/mol. The predicted octanol–water partition coefficient (Wildman–Crippen LogP) is 8.11. The summed E-state index contributed by atoms with van der Waals surface area (Å²) in [6, 6.07) is 18.5. The minimum atomic E-state index is -1.10. The van der Waals surface area contributed by atoms with Gasteiger partial charge in [0.2, 0.25) is 0 Å². The van der Waals surface area contributed by atoms with Crippen molar-refractivity contribution < 1.29 is 14.3 Å². The van der Waals surface area contributed by atoms with E-state index in [0.717, 1.165) is 61.0 Å². The van der Waals surface area contributed by atoms with Gasteiger partial charge in [0.1, 0.15) is 12.3 Å². The van der Waals surface area contributed by atoms with Crippen molar-refractivity contribution in [3.05, 3.63) is 72.8 Å². The van der Waals surface area contributed by atoms with Crippen LogP contribution in [0.3, 0.4) is 0 Å². The fraction of sp³-hybridized carbons (Fsp3) is 0.441. The zero-order valence-electron chi connectivity index (χ0n) is 25.9. The van der Waals surface area contributed by atoms with Gasteiger partial charge in [-0.25, -0.2) is 9.78 Å². The minimum Gasteiger partial charge on any atom is -0.444 e. The number of hydrogen-bond donors (Lipinski definition) is 0. The first-order valence-corrected chi connectivity index (χ1v) is 18.7. The van der Waals surface area contributed by atoms with Crippen molar-refractivity contribution >= 4 is 25.5 Å². The van der Waals surface area contributed by atoms with Gasteiger partial charge in [-0.3, -0.25) is 9.89 Å². The van der Waals surface area contributed by atoms with Gasteiger partial charge in [-0.1, -0.05) is 68.2 Å². The van der Waals surface area contributed by atoms with Gasteiger partial charge in [0.15, 0.2) is 0 Å². The lowest BCUT2D eigenvalue weighted by molar-refractivity contribution is 0.0265. The molecule has 2 aromatic carbocycles. The van der Waals surface area contributed by atoms with E-state index < -0.39 is 13.7 Å². The number of benzene rings is 2. The van der Waals surface area contributed by atoms with E-state index >= 15 is 0 Å². The van der Waals surface area contributed by atoms with Crippen molar-refractivity contribution in [3.63, 3.8) is 0 Å². The van der Waals surface area contributed by atoms with Crippen molar-refractivity contribution in [2.24, 2.45) is 4.99 Å². The molecular formula is C34H44N4O3Si. The number of ether oxygens (including phenoxy) is 2. The van der Waals surface area contributed by atoms with Gasteiger partial charge < -0.3 is 14.0 Å². The molecule has 3 aromatic rings. The molecule has 0 spiro atoms. The topological polar surface area (TPSA) is 69.0 Å². The van der Waals surface area contributed by atoms with Gasteiger partial charge in [-0.15, -0.1) is 0 Å². The highest BCUT2D eigenvalue weighted by atomic mass is 28.3. The molecule has 0 bridgehead atoms. The van der Waals surface area contributed by atoms with Crippen LogP contribution in [-0.2, 0) is 16.2 Å². The summed E-state index contributed by atoms with van der Waals surface area (Å²) in [5.41, 5.74) is 7.40. The van der Waals surface area contributed by atoms with Crippen molar-refractivity contribution in [2.45, 2.75) is 84.1 Å². The van der Waals surface area contributed by atoms with Crippen molar-refractivity contribution in [3.8, 4) is 22.4 Å². The summed E-state index contributed by atoms with van der Waals surface area (Å²) in [5, 5.41) is 0. The van der Waals surface area contributed by atoms with Crippen molar-refractivity contribution in [1.82, 2.24) is 14.5 Å². The van der Waals surface area contributed by atoms with Crippen LogP contribution in [0, 0.1) is 0 Å². The summed E-state index contributed by atoms with van der Waals surface area (Å²) in [7, 11) is -1.10. The molecule has 1 atom stereocenters. The van der Waals surface area contributed by atoms with E-state index in [2.05, 4.69) is 77.7 Å². The van der Waals surface area contributed by atoms with E-state index in [4.69, 9.17) is 14.5 Å². The Hall–Kier alpha value is -3.49. The number of rotatable bonds is 9. The number of aliphatic imine (C=N–C) groups is 1. The number of imidazole rings is 1. The third-order valence-corrected chi connectivity index (χ3v) is 9.44. The smallest absolute Gasteiger partial charge is 0.410 e. The van der Waals surface area contributed by atoms with Gasteiger partial charge in [0.05, 0.1) is 24.3 Å². The molecule has 1 fully saturated rings. The predicted molar refractivity (Wildman–Crippen MR) is 173 cm³/mol. The van der Waals surface area contributed by atoms with Crippen LogP contribution in [0.4, 0.5) is 4.79 Å². The molecule has 1 aromatic heterocycles. The lowest BCUT2D eigenvalue weighted by Gasteiger charge is -2.28. The number of nitrogens with zero attached hydrogens (tertiary/aromatic N) is 4. The van der Waals surface area contributed by atoms with E-state index in [1.807, 2.05) is 44.4 Å². The normalized spacial score (nSPS) is 17.4. The molecule has 0 radical (unpaired) electrons. The van der Waals surface area contributed by atoms with Crippen LogP contribution in [0.25, 0.3) is 28.0 Å².